The van der Waals surface area contributed by atoms with Crippen LogP contribution < -0.4 is 5.56 Å². The van der Waals surface area contributed by atoms with Gasteiger partial charge in [0, 0.05) is 42.9 Å². The van der Waals surface area contributed by atoms with Gasteiger partial charge >= 0.3 is 0 Å². The fraction of sp³-hybridized carbons (Fsp3) is 0.500. The molecule has 0 aliphatic carbocycles. The van der Waals surface area contributed by atoms with Crippen LogP contribution in [0.5, 0.6) is 0 Å². The number of carbonyl (C=O) groups is 1. The van der Waals surface area contributed by atoms with Crippen LogP contribution in [-0.4, -0.2) is 59.5 Å². The molecule has 30 heavy (non-hydrogen) atoms. The van der Waals surface area contributed by atoms with E-state index in [0.717, 1.165) is 36.3 Å². The molecule has 0 radical (unpaired) electrons. The molecule has 2 aromatic rings. The predicted molar refractivity (Wildman–Crippen MR) is 124 cm³/mol. The molecule has 1 aromatic carbocycles. The van der Waals surface area contributed by atoms with Crippen molar-refractivity contribution in [1.29, 1.82) is 0 Å². The molecular weight excluding hydrogens is 394 g/mol. The third-order valence-corrected chi connectivity index (χ3v) is 6.91. The summed E-state index contributed by atoms with van der Waals surface area (Å²) in [6, 6.07) is 12.4. The second kappa shape index (κ2) is 8.23. The highest BCUT2D eigenvalue weighted by molar-refractivity contribution is 7.99. The Morgan fingerprint density at radius 2 is 1.90 bits per heavy atom. The number of nitrogens with zero attached hydrogens (tertiary/aromatic N) is 3. The standard InChI is InChI=1S/C24H31N3O2S/c1-24-11-18(13-26(16-24)22(28)15-30-4)14-27-21(24)10-9-20(23(27)29)19-7-5-17(6-8-19)12-25(2)3/h5-10,18H,11-16H2,1-4H3/t18-,24+/m0/s1. The van der Waals surface area contributed by atoms with Crippen molar-refractivity contribution in [3.05, 3.63) is 58.0 Å². The van der Waals surface area contributed by atoms with Crippen molar-refractivity contribution in [1.82, 2.24) is 14.4 Å². The van der Waals surface area contributed by atoms with Crippen molar-refractivity contribution in [2.45, 2.75) is 31.8 Å². The van der Waals surface area contributed by atoms with E-state index in [9.17, 15) is 9.59 Å². The fourth-order valence-electron chi connectivity index (χ4n) is 5.20. The van der Waals surface area contributed by atoms with Crippen LogP contribution in [0.3, 0.4) is 0 Å². The Balaban J connectivity index is 1.66. The molecule has 3 heterocycles. The number of carbonyl (C=O) groups excluding carboxylic acids is 1. The maximum absolute atomic E-state index is 13.4. The van der Waals surface area contributed by atoms with Crippen molar-refractivity contribution in [3.8, 4) is 11.1 Å². The third-order valence-electron chi connectivity index (χ3n) is 6.38. The van der Waals surface area contributed by atoms with E-state index >= 15 is 0 Å². The van der Waals surface area contributed by atoms with Gasteiger partial charge in [-0.05, 0) is 55.9 Å². The Morgan fingerprint density at radius 3 is 2.57 bits per heavy atom. The zero-order chi connectivity index (χ0) is 21.5. The zero-order valence-electron chi connectivity index (χ0n) is 18.4. The molecule has 1 saturated heterocycles. The van der Waals surface area contributed by atoms with Crippen molar-refractivity contribution in [2.24, 2.45) is 5.92 Å². The summed E-state index contributed by atoms with van der Waals surface area (Å²) >= 11 is 1.57. The number of thioether (sulfide) groups is 1. The highest BCUT2D eigenvalue weighted by Gasteiger charge is 2.44. The zero-order valence-corrected chi connectivity index (χ0v) is 19.2. The molecule has 6 heteroatoms. The van der Waals surface area contributed by atoms with Gasteiger partial charge in [-0.15, -0.1) is 0 Å². The molecule has 2 bridgehead atoms. The van der Waals surface area contributed by atoms with Gasteiger partial charge in [-0.3, -0.25) is 9.59 Å². The van der Waals surface area contributed by atoms with Gasteiger partial charge in [0.05, 0.1) is 5.75 Å². The van der Waals surface area contributed by atoms with E-state index in [0.29, 0.717) is 24.8 Å². The van der Waals surface area contributed by atoms with Crippen LogP contribution in [0.2, 0.25) is 0 Å². The maximum Gasteiger partial charge on any atom is 0.258 e. The summed E-state index contributed by atoms with van der Waals surface area (Å²) in [5.74, 6) is 1.07. The van der Waals surface area contributed by atoms with Crippen LogP contribution in [0.15, 0.2) is 41.2 Å². The van der Waals surface area contributed by atoms with Gasteiger partial charge in [0.2, 0.25) is 5.91 Å². The van der Waals surface area contributed by atoms with Crippen molar-refractivity contribution < 1.29 is 4.79 Å². The average Bonchev–Trinajstić information content (AvgIpc) is 2.69. The van der Waals surface area contributed by atoms with Crippen LogP contribution >= 0.6 is 11.8 Å². The van der Waals surface area contributed by atoms with Crippen LogP contribution in [0, 0.1) is 5.92 Å². The summed E-state index contributed by atoms with van der Waals surface area (Å²) in [6.45, 7) is 5.23. The smallest absolute Gasteiger partial charge is 0.258 e. The second-order valence-corrected chi connectivity index (χ2v) is 10.2. The summed E-state index contributed by atoms with van der Waals surface area (Å²) in [7, 11) is 4.11. The van der Waals surface area contributed by atoms with E-state index in [4.69, 9.17) is 0 Å². The highest BCUT2D eigenvalue weighted by atomic mass is 32.2. The number of amides is 1. The summed E-state index contributed by atoms with van der Waals surface area (Å²) in [6.07, 6.45) is 3.00. The molecule has 4 rings (SSSR count). The normalized spacial score (nSPS) is 22.8. The Labute approximate surface area is 183 Å². The number of piperidine rings is 1. The summed E-state index contributed by atoms with van der Waals surface area (Å²) in [4.78, 5) is 30.1. The largest absolute Gasteiger partial charge is 0.341 e. The van der Waals surface area contributed by atoms with Gasteiger partial charge in [0.1, 0.15) is 0 Å². The monoisotopic (exact) mass is 425 g/mol. The number of pyridine rings is 1. The second-order valence-electron chi connectivity index (χ2n) is 9.32. The first kappa shape index (κ1) is 21.2. The minimum atomic E-state index is -0.164. The van der Waals surface area contributed by atoms with Crippen LogP contribution in [0.25, 0.3) is 11.1 Å². The number of fused-ring (bicyclic) bond motifs is 4. The molecule has 0 unspecified atom stereocenters. The van der Waals surface area contributed by atoms with E-state index in [-0.39, 0.29) is 16.9 Å². The number of benzene rings is 1. The number of rotatable bonds is 5. The van der Waals surface area contributed by atoms with Crippen LogP contribution in [0.4, 0.5) is 0 Å². The lowest BCUT2D eigenvalue weighted by molar-refractivity contribution is -0.132. The lowest BCUT2D eigenvalue weighted by Crippen LogP contribution is -2.56. The Morgan fingerprint density at radius 1 is 1.17 bits per heavy atom. The number of aromatic nitrogens is 1. The van der Waals surface area contributed by atoms with Crippen molar-refractivity contribution in [3.63, 3.8) is 0 Å². The summed E-state index contributed by atoms with van der Waals surface area (Å²) in [5, 5.41) is 0. The predicted octanol–water partition coefficient (Wildman–Crippen LogP) is 3.06. The lowest BCUT2D eigenvalue weighted by Gasteiger charge is -2.49. The van der Waals surface area contributed by atoms with Crippen molar-refractivity contribution >= 4 is 17.7 Å². The maximum atomic E-state index is 13.4. The number of hydrogen-bond donors (Lipinski definition) is 0. The average molecular weight is 426 g/mol. The van der Waals surface area contributed by atoms with Gasteiger partial charge in [-0.25, -0.2) is 0 Å². The molecule has 0 spiro atoms. The molecule has 0 N–H and O–H groups in total. The summed E-state index contributed by atoms with van der Waals surface area (Å²) < 4.78 is 1.98. The van der Waals surface area contributed by atoms with Crippen LogP contribution in [0.1, 0.15) is 24.6 Å². The summed E-state index contributed by atoms with van der Waals surface area (Å²) in [5.41, 5.74) is 3.96. The molecule has 2 atom stereocenters. The fourth-order valence-corrected chi connectivity index (χ4v) is 5.63. The Bertz CT molecular complexity index is 999. The minimum absolute atomic E-state index is 0.0904. The molecular formula is C24H31N3O2S. The first-order valence-electron chi connectivity index (χ1n) is 10.6. The molecule has 1 fully saturated rings. The molecule has 2 aliphatic heterocycles. The molecule has 1 aromatic heterocycles. The van der Waals surface area contributed by atoms with Gasteiger partial charge in [-0.2, -0.15) is 11.8 Å². The van der Waals surface area contributed by atoms with Crippen LogP contribution in [-0.2, 0) is 23.3 Å². The van der Waals surface area contributed by atoms with E-state index in [1.54, 1.807) is 11.8 Å². The highest BCUT2D eigenvalue weighted by Crippen LogP contribution is 2.41. The SMILES string of the molecule is CSCC(=O)N1C[C@H]2Cn3c(ccc(-c4ccc(CN(C)C)cc4)c3=O)[C@](C)(C2)C1. The Kier molecular flexibility index (Phi) is 5.82. The van der Waals surface area contributed by atoms with E-state index < -0.39 is 0 Å². The first-order valence-corrected chi connectivity index (χ1v) is 12.0. The van der Waals surface area contributed by atoms with Crippen molar-refractivity contribution in [2.75, 3.05) is 39.2 Å². The third kappa shape index (κ3) is 3.95. The molecule has 5 nitrogen and oxygen atoms in total. The number of hydrogen-bond acceptors (Lipinski definition) is 4. The van der Waals surface area contributed by atoms with E-state index in [1.165, 1.54) is 5.56 Å². The Hall–Kier alpha value is -2.05. The molecule has 1 amide bonds. The van der Waals surface area contributed by atoms with Gasteiger partial charge < -0.3 is 14.4 Å². The van der Waals surface area contributed by atoms with Gasteiger partial charge in [-0.1, -0.05) is 31.2 Å². The molecule has 2 aliphatic rings. The lowest BCUT2D eigenvalue weighted by atomic mass is 9.71. The minimum Gasteiger partial charge on any atom is -0.341 e. The van der Waals surface area contributed by atoms with E-state index in [2.05, 4.69) is 56.3 Å². The van der Waals surface area contributed by atoms with Gasteiger partial charge in [0.25, 0.3) is 5.56 Å². The number of likely N-dealkylation sites (tertiary alicyclic amines) is 1. The molecule has 0 saturated carbocycles. The molecule has 160 valence electrons. The topological polar surface area (TPSA) is 45.6 Å². The van der Waals surface area contributed by atoms with Gasteiger partial charge in [0.15, 0.2) is 0 Å². The quantitative estimate of drug-likeness (QED) is 0.739. The van der Waals surface area contributed by atoms with E-state index in [1.807, 2.05) is 21.8 Å². The first-order chi connectivity index (χ1) is 14.3.